The summed E-state index contributed by atoms with van der Waals surface area (Å²) in [6, 6.07) is 3.74. The van der Waals surface area contributed by atoms with Gasteiger partial charge in [0, 0.05) is 10.4 Å². The number of hydrogen-bond acceptors (Lipinski definition) is 2. The number of halogens is 2. The van der Waals surface area contributed by atoms with Gasteiger partial charge in [-0.3, -0.25) is 0 Å². The zero-order valence-corrected chi connectivity index (χ0v) is 12.9. The van der Waals surface area contributed by atoms with E-state index in [9.17, 15) is 0 Å². The molecule has 1 N–H and O–H groups in total. The summed E-state index contributed by atoms with van der Waals surface area (Å²) in [7, 11) is 0. The van der Waals surface area contributed by atoms with E-state index in [1.165, 1.54) is 5.56 Å². The number of hydrogen-bond donors (Lipinski definition) is 1. The third kappa shape index (κ3) is 3.18. The van der Waals surface area contributed by atoms with Crippen LogP contribution in [0.25, 0.3) is 10.1 Å². The van der Waals surface area contributed by atoms with Crippen LogP contribution in [0.2, 0.25) is 10.0 Å². The van der Waals surface area contributed by atoms with Gasteiger partial charge in [0.1, 0.15) is 0 Å². The lowest BCUT2D eigenvalue weighted by Gasteiger charge is -2.07. The van der Waals surface area contributed by atoms with Gasteiger partial charge in [0.05, 0.1) is 9.72 Å². The van der Waals surface area contributed by atoms with E-state index in [-0.39, 0.29) is 0 Å². The normalized spacial score (nSPS) is 11.6. The summed E-state index contributed by atoms with van der Waals surface area (Å²) in [5, 5.41) is 8.33. The van der Waals surface area contributed by atoms with Gasteiger partial charge in [0.15, 0.2) is 0 Å². The minimum absolute atomic E-state index is 0.683. The molecule has 0 saturated heterocycles. The Morgan fingerprint density at radius 3 is 2.67 bits per heavy atom. The summed E-state index contributed by atoms with van der Waals surface area (Å²) >= 11 is 14.1. The largest absolute Gasteiger partial charge is 0.316 e. The van der Waals surface area contributed by atoms with Gasteiger partial charge in [-0.2, -0.15) is 0 Å². The van der Waals surface area contributed by atoms with Crippen LogP contribution in [0.3, 0.4) is 0 Å². The maximum Gasteiger partial charge on any atom is 0.0585 e. The van der Waals surface area contributed by atoms with E-state index >= 15 is 0 Å². The second-order valence-corrected chi connectivity index (χ2v) is 6.54. The second-order valence-electron chi connectivity index (χ2n) is 4.84. The third-order valence-electron chi connectivity index (χ3n) is 2.82. The monoisotopic (exact) mass is 301 g/mol. The highest BCUT2D eigenvalue weighted by Crippen LogP contribution is 2.37. The minimum Gasteiger partial charge on any atom is -0.316 e. The van der Waals surface area contributed by atoms with Crippen LogP contribution in [-0.4, -0.2) is 13.1 Å². The molecule has 0 spiro atoms. The van der Waals surface area contributed by atoms with Crippen LogP contribution in [0, 0.1) is 5.92 Å². The third-order valence-corrected chi connectivity index (χ3v) is 4.63. The van der Waals surface area contributed by atoms with Crippen molar-refractivity contribution in [1.82, 2.24) is 5.32 Å². The second kappa shape index (κ2) is 6.25. The molecule has 1 aromatic heterocycles. The highest BCUT2D eigenvalue weighted by atomic mass is 35.5. The fraction of sp³-hybridized carbons (Fsp3) is 0.429. The van der Waals surface area contributed by atoms with Crippen LogP contribution < -0.4 is 5.32 Å². The molecule has 0 aliphatic heterocycles. The van der Waals surface area contributed by atoms with Crippen molar-refractivity contribution in [2.45, 2.75) is 20.3 Å². The molecule has 0 fully saturated rings. The lowest BCUT2D eigenvalue weighted by molar-refractivity contribution is 0.555. The molecule has 0 aliphatic carbocycles. The van der Waals surface area contributed by atoms with Gasteiger partial charge in [0.2, 0.25) is 0 Å². The summed E-state index contributed by atoms with van der Waals surface area (Å²) in [5.74, 6) is 0.683. The molecule has 0 saturated carbocycles. The minimum atomic E-state index is 0.683. The molecule has 1 nitrogen and oxygen atoms in total. The van der Waals surface area contributed by atoms with Gasteiger partial charge < -0.3 is 5.32 Å². The number of nitrogens with one attached hydrogen (secondary N) is 1. The zero-order valence-electron chi connectivity index (χ0n) is 10.6. The lowest BCUT2D eigenvalue weighted by Crippen LogP contribution is -2.22. The van der Waals surface area contributed by atoms with Crippen molar-refractivity contribution >= 4 is 44.6 Å². The van der Waals surface area contributed by atoms with E-state index in [0.29, 0.717) is 5.92 Å². The maximum atomic E-state index is 6.27. The fourth-order valence-electron chi connectivity index (χ4n) is 1.93. The lowest BCUT2D eigenvalue weighted by atomic mass is 10.1. The smallest absolute Gasteiger partial charge is 0.0585 e. The van der Waals surface area contributed by atoms with Crippen LogP contribution in [0.1, 0.15) is 19.4 Å². The number of benzene rings is 1. The highest BCUT2D eigenvalue weighted by molar-refractivity contribution is 7.18. The Bertz CT molecular complexity index is 534. The molecular formula is C14H17Cl2NS. The van der Waals surface area contributed by atoms with Gasteiger partial charge in [-0.05, 0) is 48.5 Å². The average Bonchev–Trinajstić information content (AvgIpc) is 2.74. The zero-order chi connectivity index (χ0) is 13.1. The predicted molar refractivity (Wildman–Crippen MR) is 83.3 cm³/mol. The fourth-order valence-corrected chi connectivity index (χ4v) is 3.60. The summed E-state index contributed by atoms with van der Waals surface area (Å²) in [5.41, 5.74) is 1.29. The van der Waals surface area contributed by atoms with Crippen molar-refractivity contribution in [2.24, 2.45) is 5.92 Å². The SMILES string of the molecule is CC(C)CNCCc1csc2c(Cl)ccc(Cl)c12. The predicted octanol–water partition coefficient (Wildman–Crippen LogP) is 5.00. The first-order chi connectivity index (χ1) is 8.59. The molecule has 2 aromatic rings. The molecule has 4 heteroatoms. The average molecular weight is 302 g/mol. The summed E-state index contributed by atoms with van der Waals surface area (Å²) < 4.78 is 1.10. The molecule has 98 valence electrons. The van der Waals surface area contributed by atoms with E-state index in [2.05, 4.69) is 24.5 Å². The van der Waals surface area contributed by atoms with Crippen LogP contribution in [0.15, 0.2) is 17.5 Å². The summed E-state index contributed by atoms with van der Waals surface area (Å²) in [4.78, 5) is 0. The number of rotatable bonds is 5. The quantitative estimate of drug-likeness (QED) is 0.767. The van der Waals surface area contributed by atoms with E-state index in [0.717, 1.165) is 39.6 Å². The molecule has 18 heavy (non-hydrogen) atoms. The van der Waals surface area contributed by atoms with Crippen LogP contribution in [-0.2, 0) is 6.42 Å². The molecule has 0 bridgehead atoms. The topological polar surface area (TPSA) is 12.0 Å². The van der Waals surface area contributed by atoms with Crippen molar-refractivity contribution in [3.05, 3.63) is 33.1 Å². The maximum absolute atomic E-state index is 6.27. The van der Waals surface area contributed by atoms with Crippen LogP contribution in [0.5, 0.6) is 0 Å². The Morgan fingerprint density at radius 1 is 1.22 bits per heavy atom. The molecule has 0 unspecified atom stereocenters. The molecular weight excluding hydrogens is 285 g/mol. The van der Waals surface area contributed by atoms with Crippen molar-refractivity contribution in [1.29, 1.82) is 0 Å². The summed E-state index contributed by atoms with van der Waals surface area (Å²) in [6.45, 7) is 6.46. The Kier molecular flexibility index (Phi) is 4.91. The van der Waals surface area contributed by atoms with Gasteiger partial charge in [-0.1, -0.05) is 37.0 Å². The standard InChI is InChI=1S/C14H17Cl2NS/c1-9(2)7-17-6-5-10-8-18-14-12(16)4-3-11(15)13(10)14/h3-4,8-9,17H,5-7H2,1-2H3. The van der Waals surface area contributed by atoms with E-state index in [1.807, 2.05) is 12.1 Å². The Morgan fingerprint density at radius 2 is 1.94 bits per heavy atom. The van der Waals surface area contributed by atoms with Crippen LogP contribution in [0.4, 0.5) is 0 Å². The number of fused-ring (bicyclic) bond motifs is 1. The number of thiophene rings is 1. The van der Waals surface area contributed by atoms with Crippen molar-refractivity contribution in [2.75, 3.05) is 13.1 Å². The first-order valence-electron chi connectivity index (χ1n) is 6.14. The van der Waals surface area contributed by atoms with Gasteiger partial charge >= 0.3 is 0 Å². The van der Waals surface area contributed by atoms with Gasteiger partial charge in [-0.25, -0.2) is 0 Å². The summed E-state index contributed by atoms with van der Waals surface area (Å²) in [6.07, 6.45) is 0.993. The molecule has 0 amide bonds. The first-order valence-corrected chi connectivity index (χ1v) is 7.78. The van der Waals surface area contributed by atoms with Gasteiger partial charge in [-0.15, -0.1) is 11.3 Å². The Balaban J connectivity index is 2.12. The molecule has 0 aliphatic rings. The van der Waals surface area contributed by atoms with Gasteiger partial charge in [0.25, 0.3) is 0 Å². The van der Waals surface area contributed by atoms with Crippen molar-refractivity contribution in [3.8, 4) is 0 Å². The first kappa shape index (κ1) is 14.1. The van der Waals surface area contributed by atoms with E-state index < -0.39 is 0 Å². The molecule has 1 heterocycles. The van der Waals surface area contributed by atoms with Crippen molar-refractivity contribution in [3.63, 3.8) is 0 Å². The highest BCUT2D eigenvalue weighted by Gasteiger charge is 2.10. The van der Waals surface area contributed by atoms with Crippen molar-refractivity contribution < 1.29 is 0 Å². The molecule has 2 rings (SSSR count). The Labute approximate surface area is 122 Å². The van der Waals surface area contributed by atoms with E-state index in [4.69, 9.17) is 23.2 Å². The molecule has 0 radical (unpaired) electrons. The van der Waals surface area contributed by atoms with Crippen LogP contribution >= 0.6 is 34.5 Å². The Hall–Kier alpha value is -0.280. The molecule has 0 atom stereocenters. The van der Waals surface area contributed by atoms with E-state index in [1.54, 1.807) is 11.3 Å². The molecule has 1 aromatic carbocycles.